The molecule has 3 N–H and O–H groups in total. The minimum atomic E-state index is -0.194. The zero-order valence-electron chi connectivity index (χ0n) is 11.2. The van der Waals surface area contributed by atoms with E-state index >= 15 is 0 Å². The lowest BCUT2D eigenvalue weighted by Crippen LogP contribution is -2.14. The van der Waals surface area contributed by atoms with Gasteiger partial charge >= 0.3 is 0 Å². The van der Waals surface area contributed by atoms with Crippen LogP contribution in [0.5, 0.6) is 5.75 Å². The molecule has 2 rings (SSSR count). The van der Waals surface area contributed by atoms with Crippen molar-refractivity contribution in [2.75, 3.05) is 18.2 Å². The third kappa shape index (κ3) is 3.11. The van der Waals surface area contributed by atoms with Gasteiger partial charge in [0.25, 0.3) is 5.91 Å². The summed E-state index contributed by atoms with van der Waals surface area (Å²) >= 11 is 3.36. The van der Waals surface area contributed by atoms with Gasteiger partial charge in [-0.3, -0.25) is 4.79 Å². The third-order valence-electron chi connectivity index (χ3n) is 2.95. The van der Waals surface area contributed by atoms with Crippen molar-refractivity contribution in [3.63, 3.8) is 0 Å². The molecule has 4 nitrogen and oxygen atoms in total. The van der Waals surface area contributed by atoms with Gasteiger partial charge in [0.05, 0.1) is 18.5 Å². The summed E-state index contributed by atoms with van der Waals surface area (Å²) in [5.74, 6) is 0.458. The normalized spacial score (nSPS) is 10.2. The van der Waals surface area contributed by atoms with E-state index < -0.39 is 0 Å². The molecule has 20 heavy (non-hydrogen) atoms. The highest BCUT2D eigenvalue weighted by molar-refractivity contribution is 9.10. The zero-order valence-corrected chi connectivity index (χ0v) is 12.8. The minimum absolute atomic E-state index is 0.194. The average molecular weight is 335 g/mol. The fraction of sp³-hybridized carbons (Fsp3) is 0.133. The number of halogens is 1. The van der Waals surface area contributed by atoms with Gasteiger partial charge in [-0.25, -0.2) is 0 Å². The maximum absolute atomic E-state index is 12.3. The molecule has 0 fully saturated rings. The van der Waals surface area contributed by atoms with E-state index in [9.17, 15) is 4.79 Å². The van der Waals surface area contributed by atoms with Crippen molar-refractivity contribution in [2.45, 2.75) is 6.92 Å². The first kappa shape index (κ1) is 14.4. The molecule has 0 saturated carbocycles. The number of carbonyl (C=O) groups is 1. The number of anilines is 2. The summed E-state index contributed by atoms with van der Waals surface area (Å²) in [5, 5.41) is 2.81. The molecule has 0 spiro atoms. The lowest BCUT2D eigenvalue weighted by molar-refractivity contribution is 0.102. The quantitative estimate of drug-likeness (QED) is 0.843. The molecule has 0 aliphatic carbocycles. The first-order chi connectivity index (χ1) is 9.51. The summed E-state index contributed by atoms with van der Waals surface area (Å²) < 4.78 is 5.93. The lowest BCUT2D eigenvalue weighted by Gasteiger charge is -2.11. The molecule has 0 heterocycles. The number of hydrogen-bond donors (Lipinski definition) is 2. The van der Waals surface area contributed by atoms with E-state index in [4.69, 9.17) is 10.5 Å². The summed E-state index contributed by atoms with van der Waals surface area (Å²) in [6.07, 6.45) is 0. The van der Waals surface area contributed by atoms with Gasteiger partial charge < -0.3 is 15.8 Å². The maximum atomic E-state index is 12.3. The van der Waals surface area contributed by atoms with Crippen LogP contribution in [0.2, 0.25) is 0 Å². The van der Waals surface area contributed by atoms with Crippen molar-refractivity contribution in [3.8, 4) is 5.75 Å². The van der Waals surface area contributed by atoms with Gasteiger partial charge in [-0.1, -0.05) is 22.0 Å². The average Bonchev–Trinajstić information content (AvgIpc) is 2.43. The van der Waals surface area contributed by atoms with Gasteiger partial charge in [-0.2, -0.15) is 0 Å². The van der Waals surface area contributed by atoms with Crippen molar-refractivity contribution in [3.05, 3.63) is 52.0 Å². The van der Waals surface area contributed by atoms with Crippen LogP contribution in [0.1, 0.15) is 15.9 Å². The van der Waals surface area contributed by atoms with Crippen molar-refractivity contribution in [2.24, 2.45) is 0 Å². The number of nitrogens with two attached hydrogens (primary N) is 1. The second kappa shape index (κ2) is 5.96. The van der Waals surface area contributed by atoms with E-state index in [0.717, 1.165) is 10.0 Å². The fourth-order valence-electron chi connectivity index (χ4n) is 1.81. The van der Waals surface area contributed by atoms with Crippen molar-refractivity contribution in [1.29, 1.82) is 0 Å². The first-order valence-corrected chi connectivity index (χ1v) is 6.81. The van der Waals surface area contributed by atoms with E-state index in [-0.39, 0.29) is 5.91 Å². The predicted octanol–water partition coefficient (Wildman–Crippen LogP) is 3.60. The van der Waals surface area contributed by atoms with Crippen molar-refractivity contribution >= 4 is 33.2 Å². The molecular weight excluding hydrogens is 320 g/mol. The highest BCUT2D eigenvalue weighted by Crippen LogP contribution is 2.25. The van der Waals surface area contributed by atoms with Crippen LogP contribution in [0.3, 0.4) is 0 Å². The van der Waals surface area contributed by atoms with E-state index in [1.54, 1.807) is 31.4 Å². The number of methoxy groups -OCH3 is 1. The summed E-state index contributed by atoms with van der Waals surface area (Å²) in [7, 11) is 1.57. The minimum Gasteiger partial charge on any atom is -0.497 e. The molecule has 0 radical (unpaired) electrons. The number of carbonyl (C=O) groups excluding carboxylic acids is 1. The molecule has 1 amide bonds. The SMILES string of the molecule is COc1ccc(NC(=O)c2cc(Br)ccc2C)c(N)c1. The van der Waals surface area contributed by atoms with Crippen LogP contribution >= 0.6 is 15.9 Å². The first-order valence-electron chi connectivity index (χ1n) is 6.02. The smallest absolute Gasteiger partial charge is 0.256 e. The molecule has 2 aromatic carbocycles. The van der Waals surface area contributed by atoms with Gasteiger partial charge in [0.15, 0.2) is 0 Å². The number of rotatable bonds is 3. The Morgan fingerprint density at radius 1 is 1.25 bits per heavy atom. The van der Waals surface area contributed by atoms with Gasteiger partial charge in [-0.05, 0) is 36.8 Å². The Bertz CT molecular complexity index is 656. The standard InChI is InChI=1S/C15H15BrN2O2/c1-9-3-4-10(16)7-12(9)15(19)18-14-6-5-11(20-2)8-13(14)17/h3-8H,17H2,1-2H3,(H,18,19). The summed E-state index contributed by atoms with van der Waals surface area (Å²) in [4.78, 5) is 12.3. The third-order valence-corrected chi connectivity index (χ3v) is 3.44. The largest absolute Gasteiger partial charge is 0.497 e. The lowest BCUT2D eigenvalue weighted by atomic mass is 10.1. The molecule has 0 aliphatic heterocycles. The maximum Gasteiger partial charge on any atom is 0.256 e. The highest BCUT2D eigenvalue weighted by atomic mass is 79.9. The van der Waals surface area contributed by atoms with Gasteiger partial charge in [-0.15, -0.1) is 0 Å². The van der Waals surface area contributed by atoms with Crippen molar-refractivity contribution < 1.29 is 9.53 Å². The molecule has 0 bridgehead atoms. The van der Waals surface area contributed by atoms with Crippen LogP contribution < -0.4 is 15.8 Å². The Balaban J connectivity index is 2.25. The number of benzene rings is 2. The Kier molecular flexibility index (Phi) is 4.29. The van der Waals surface area contributed by atoms with Gasteiger partial charge in [0, 0.05) is 16.1 Å². The molecular formula is C15H15BrN2O2. The molecule has 0 atom stereocenters. The molecule has 104 valence electrons. The van der Waals surface area contributed by atoms with Crippen molar-refractivity contribution in [1.82, 2.24) is 0 Å². The number of hydrogen-bond acceptors (Lipinski definition) is 3. The van der Waals surface area contributed by atoms with Crippen LogP contribution in [0.25, 0.3) is 0 Å². The number of ether oxygens (including phenoxy) is 1. The topological polar surface area (TPSA) is 64.3 Å². The van der Waals surface area contributed by atoms with E-state index in [2.05, 4.69) is 21.2 Å². The highest BCUT2D eigenvalue weighted by Gasteiger charge is 2.11. The second-order valence-electron chi connectivity index (χ2n) is 4.37. The second-order valence-corrected chi connectivity index (χ2v) is 5.28. The Hall–Kier alpha value is -2.01. The predicted molar refractivity (Wildman–Crippen MR) is 84.2 cm³/mol. The number of amides is 1. The van der Waals surface area contributed by atoms with Crippen LogP contribution in [0, 0.1) is 6.92 Å². The fourth-order valence-corrected chi connectivity index (χ4v) is 2.17. The molecule has 2 aromatic rings. The number of aryl methyl sites for hydroxylation is 1. The summed E-state index contributed by atoms with van der Waals surface area (Å²) in [6, 6.07) is 10.7. The molecule has 0 saturated heterocycles. The van der Waals surface area contributed by atoms with E-state index in [0.29, 0.717) is 22.7 Å². The molecule has 0 aromatic heterocycles. The monoisotopic (exact) mass is 334 g/mol. The van der Waals surface area contributed by atoms with Crippen LogP contribution in [0.15, 0.2) is 40.9 Å². The van der Waals surface area contributed by atoms with Gasteiger partial charge in [0.1, 0.15) is 5.75 Å². The zero-order chi connectivity index (χ0) is 14.7. The van der Waals surface area contributed by atoms with Crippen LogP contribution in [0.4, 0.5) is 11.4 Å². The van der Waals surface area contributed by atoms with Gasteiger partial charge in [0.2, 0.25) is 0 Å². The number of nitrogen functional groups attached to an aromatic ring is 1. The Labute approximate surface area is 126 Å². The van der Waals surface area contributed by atoms with E-state index in [1.807, 2.05) is 19.1 Å². The van der Waals surface area contributed by atoms with Crippen LogP contribution in [-0.2, 0) is 0 Å². The molecule has 0 aliphatic rings. The Morgan fingerprint density at radius 2 is 2.00 bits per heavy atom. The van der Waals surface area contributed by atoms with Crippen LogP contribution in [-0.4, -0.2) is 13.0 Å². The number of nitrogens with one attached hydrogen (secondary N) is 1. The summed E-state index contributed by atoms with van der Waals surface area (Å²) in [6.45, 7) is 1.89. The molecule has 0 unspecified atom stereocenters. The molecule has 5 heteroatoms. The van der Waals surface area contributed by atoms with E-state index in [1.165, 1.54) is 0 Å². The summed E-state index contributed by atoms with van der Waals surface area (Å²) in [5.41, 5.74) is 8.42. The Morgan fingerprint density at radius 3 is 2.65 bits per heavy atom.